The molecule has 0 radical (unpaired) electrons. The van der Waals surface area contributed by atoms with Gasteiger partial charge < -0.3 is 39.4 Å². The maximum atomic E-state index is 12.7. The van der Waals surface area contributed by atoms with Crippen molar-refractivity contribution in [2.45, 2.75) is 166 Å². The van der Waals surface area contributed by atoms with Gasteiger partial charge in [0.05, 0.1) is 13.2 Å². The highest BCUT2D eigenvalue weighted by atomic mass is 16.7. The van der Waals surface area contributed by atoms with Gasteiger partial charge in [0.2, 0.25) is 0 Å². The lowest BCUT2D eigenvalue weighted by molar-refractivity contribution is -0.305. The van der Waals surface area contributed by atoms with Gasteiger partial charge in [0.1, 0.15) is 31.0 Å². The first-order valence-corrected chi connectivity index (χ1v) is 22.0. The molecule has 1 heterocycles. The van der Waals surface area contributed by atoms with Crippen LogP contribution in [0, 0.1) is 0 Å². The van der Waals surface area contributed by atoms with Crippen LogP contribution in [0.4, 0.5) is 0 Å². The zero-order valence-electron chi connectivity index (χ0n) is 35.9. The van der Waals surface area contributed by atoms with Gasteiger partial charge in [-0.25, -0.2) is 0 Å². The second-order valence-corrected chi connectivity index (χ2v) is 14.4. The Morgan fingerprint density at radius 2 is 0.983 bits per heavy atom. The van der Waals surface area contributed by atoms with E-state index >= 15 is 0 Å². The highest BCUT2D eigenvalue weighted by Crippen LogP contribution is 2.22. The summed E-state index contributed by atoms with van der Waals surface area (Å²) in [4.78, 5) is 25.3. The lowest BCUT2D eigenvalue weighted by Crippen LogP contribution is -2.59. The number of aliphatic hydroxyl groups excluding tert-OH is 4. The molecular weight excluding hydrogens is 749 g/mol. The standard InChI is InChI=1S/C49H76O10/c1-3-5-7-9-11-13-15-17-19-20-21-22-24-26-28-30-32-34-36-38-45(52)58-42(41-57-49-48(55)47(54)46(53)43(39-50)59-49)40-56-44(51)37-35-33-31-29-27-25-23-18-16-14-12-10-8-6-4-2/h5-8,11-14,17-19,21-23,26,28,32,34,42-43,46-50,53-55H,3-4,9-10,15-16,20,24-25,27,29-31,33,35-41H2,1-2H3/b7-5+,8-6+,13-11+,14-12+,19-17+,22-21+,23-18+,28-26+,34-32+/t42-,43-,46+,47?,48?,49-/m1/s1. The molecule has 0 aromatic carbocycles. The number of unbranched alkanes of at least 4 members (excludes halogenated alkanes) is 5. The predicted octanol–water partition coefficient (Wildman–Crippen LogP) is 9.33. The molecule has 0 saturated carbocycles. The number of ether oxygens (including phenoxy) is 4. The topological polar surface area (TPSA) is 152 Å². The van der Waals surface area contributed by atoms with E-state index in [4.69, 9.17) is 18.9 Å². The molecule has 0 amide bonds. The number of rotatable bonds is 34. The summed E-state index contributed by atoms with van der Waals surface area (Å²) >= 11 is 0. The monoisotopic (exact) mass is 825 g/mol. The molecule has 0 aromatic heterocycles. The summed E-state index contributed by atoms with van der Waals surface area (Å²) < 4.78 is 22.0. The summed E-state index contributed by atoms with van der Waals surface area (Å²) in [5, 5.41) is 40.1. The first-order chi connectivity index (χ1) is 28.8. The van der Waals surface area contributed by atoms with Gasteiger partial charge in [0, 0.05) is 12.8 Å². The Hall–Kier alpha value is -3.64. The van der Waals surface area contributed by atoms with Crippen molar-refractivity contribution in [3.05, 3.63) is 109 Å². The van der Waals surface area contributed by atoms with Crippen LogP contribution in [-0.2, 0) is 28.5 Å². The lowest BCUT2D eigenvalue weighted by atomic mass is 9.99. The van der Waals surface area contributed by atoms with Crippen molar-refractivity contribution in [3.63, 3.8) is 0 Å². The summed E-state index contributed by atoms with van der Waals surface area (Å²) in [7, 11) is 0. The summed E-state index contributed by atoms with van der Waals surface area (Å²) in [6, 6.07) is 0. The van der Waals surface area contributed by atoms with Crippen molar-refractivity contribution >= 4 is 11.9 Å². The second-order valence-electron chi connectivity index (χ2n) is 14.4. The molecule has 1 rings (SSSR count). The fourth-order valence-electron chi connectivity index (χ4n) is 5.76. The Bertz CT molecular complexity index is 1320. The molecule has 10 heteroatoms. The van der Waals surface area contributed by atoms with Crippen molar-refractivity contribution in [2.24, 2.45) is 0 Å². The average molecular weight is 825 g/mol. The molecule has 6 atom stereocenters. The van der Waals surface area contributed by atoms with Crippen LogP contribution >= 0.6 is 0 Å². The molecule has 1 aliphatic heterocycles. The van der Waals surface area contributed by atoms with Gasteiger partial charge >= 0.3 is 11.9 Å². The SMILES string of the molecule is CC/C=C/C/C=C/C/C=C/C/C=C/C/C=C/C/C=C/CCC(=O)O[C@H](COC(=O)CCCCCCC/C=C/C/C=C/C/C=C/CC)CO[C@@H]1O[C@H](CO)[C@H](O)C(O)C1O. The van der Waals surface area contributed by atoms with Gasteiger partial charge in [-0.1, -0.05) is 142 Å². The van der Waals surface area contributed by atoms with Gasteiger partial charge in [-0.3, -0.25) is 9.59 Å². The van der Waals surface area contributed by atoms with E-state index in [9.17, 15) is 30.0 Å². The molecule has 1 saturated heterocycles. The van der Waals surface area contributed by atoms with Crippen LogP contribution < -0.4 is 0 Å². The maximum absolute atomic E-state index is 12.7. The van der Waals surface area contributed by atoms with Gasteiger partial charge in [0.25, 0.3) is 0 Å². The van der Waals surface area contributed by atoms with E-state index in [-0.39, 0.29) is 26.1 Å². The first-order valence-electron chi connectivity index (χ1n) is 22.0. The smallest absolute Gasteiger partial charge is 0.306 e. The highest BCUT2D eigenvalue weighted by Gasteiger charge is 2.44. The Kier molecular flexibility index (Phi) is 34.9. The number of allylic oxidation sites excluding steroid dienone is 18. The molecule has 0 bridgehead atoms. The van der Waals surface area contributed by atoms with Gasteiger partial charge in [0.15, 0.2) is 12.4 Å². The molecule has 1 aliphatic rings. The molecule has 0 spiro atoms. The molecule has 0 aliphatic carbocycles. The van der Waals surface area contributed by atoms with Crippen LogP contribution in [0.5, 0.6) is 0 Å². The minimum Gasteiger partial charge on any atom is -0.462 e. The second kappa shape index (κ2) is 38.6. The van der Waals surface area contributed by atoms with Gasteiger partial charge in [-0.15, -0.1) is 0 Å². The highest BCUT2D eigenvalue weighted by molar-refractivity contribution is 5.70. The van der Waals surface area contributed by atoms with Crippen molar-refractivity contribution < 1.29 is 49.0 Å². The lowest BCUT2D eigenvalue weighted by Gasteiger charge is -2.39. The maximum Gasteiger partial charge on any atom is 0.306 e. The van der Waals surface area contributed by atoms with Crippen LogP contribution in [-0.4, -0.2) is 89.0 Å². The number of aliphatic hydroxyl groups is 4. The quantitative estimate of drug-likeness (QED) is 0.0281. The largest absolute Gasteiger partial charge is 0.462 e. The van der Waals surface area contributed by atoms with E-state index < -0.39 is 55.4 Å². The fourth-order valence-corrected chi connectivity index (χ4v) is 5.76. The zero-order chi connectivity index (χ0) is 43.0. The summed E-state index contributed by atoms with van der Waals surface area (Å²) in [6.07, 6.45) is 45.3. The average Bonchev–Trinajstić information content (AvgIpc) is 3.23. The van der Waals surface area contributed by atoms with E-state index in [1.165, 1.54) is 0 Å². The molecule has 10 nitrogen and oxygen atoms in total. The fraction of sp³-hybridized carbons (Fsp3) is 0.592. The van der Waals surface area contributed by atoms with E-state index in [0.717, 1.165) is 89.9 Å². The molecule has 59 heavy (non-hydrogen) atoms. The van der Waals surface area contributed by atoms with Crippen LogP contribution in [0.25, 0.3) is 0 Å². The minimum atomic E-state index is -1.62. The molecule has 4 N–H and O–H groups in total. The summed E-state index contributed by atoms with van der Waals surface area (Å²) in [5.41, 5.74) is 0. The minimum absolute atomic E-state index is 0.0937. The van der Waals surface area contributed by atoms with Crippen LogP contribution in [0.1, 0.15) is 129 Å². The number of carbonyl (C=O) groups is 2. The summed E-state index contributed by atoms with van der Waals surface area (Å²) in [6.45, 7) is 3.07. The number of hydrogen-bond donors (Lipinski definition) is 4. The Morgan fingerprint density at radius 3 is 1.49 bits per heavy atom. The number of esters is 2. The predicted molar refractivity (Wildman–Crippen MR) is 237 cm³/mol. The molecule has 0 aromatic rings. The van der Waals surface area contributed by atoms with Crippen molar-refractivity contribution in [2.75, 3.05) is 19.8 Å². The summed E-state index contributed by atoms with van der Waals surface area (Å²) in [5.74, 6) is -0.938. The third kappa shape index (κ3) is 30.1. The van der Waals surface area contributed by atoms with Crippen molar-refractivity contribution in [1.82, 2.24) is 0 Å². The van der Waals surface area contributed by atoms with Crippen LogP contribution in [0.2, 0.25) is 0 Å². The van der Waals surface area contributed by atoms with E-state index in [1.54, 1.807) is 0 Å². The Labute approximate surface area is 355 Å². The van der Waals surface area contributed by atoms with Crippen molar-refractivity contribution in [1.29, 1.82) is 0 Å². The van der Waals surface area contributed by atoms with Crippen molar-refractivity contribution in [3.8, 4) is 0 Å². The third-order valence-electron chi connectivity index (χ3n) is 9.17. The first kappa shape index (κ1) is 53.4. The molecule has 1 fully saturated rings. The zero-order valence-corrected chi connectivity index (χ0v) is 35.9. The Balaban J connectivity index is 2.43. The Morgan fingerprint density at radius 1 is 0.525 bits per heavy atom. The molecule has 2 unspecified atom stereocenters. The number of hydrogen-bond acceptors (Lipinski definition) is 10. The molecule has 332 valence electrons. The van der Waals surface area contributed by atoms with E-state index in [2.05, 4.69) is 111 Å². The van der Waals surface area contributed by atoms with Gasteiger partial charge in [-0.05, 0) is 83.5 Å². The van der Waals surface area contributed by atoms with E-state index in [0.29, 0.717) is 12.8 Å². The van der Waals surface area contributed by atoms with Crippen LogP contribution in [0.3, 0.4) is 0 Å². The number of carbonyl (C=O) groups excluding carboxylic acids is 2. The van der Waals surface area contributed by atoms with E-state index in [1.807, 2.05) is 12.2 Å². The normalized spacial score (nSPS) is 21.1. The van der Waals surface area contributed by atoms with Gasteiger partial charge in [-0.2, -0.15) is 0 Å². The molecular formula is C49H76O10. The third-order valence-corrected chi connectivity index (χ3v) is 9.17. The van der Waals surface area contributed by atoms with Crippen LogP contribution in [0.15, 0.2) is 109 Å².